The highest BCUT2D eigenvalue weighted by Crippen LogP contribution is 2.40. The highest BCUT2D eigenvalue weighted by atomic mass is 16.3. The van der Waals surface area contributed by atoms with Crippen molar-refractivity contribution in [3.8, 4) is 55.8 Å². The Labute approximate surface area is 401 Å². The SMILES string of the molecule is Cc1c(-c2cccc(-c3ccc(-c4ccc(N(c5ccc(-c6ccc7c(ccc8ccccc87)c6)cc5)c5ccc(-c6ccc7c(ccc8ccccc87)c6)cc5)cc4)cc3)c2)oc2ccccc12. The molecule has 13 rings (SSSR count). The van der Waals surface area contributed by atoms with Crippen LogP contribution in [0, 0.1) is 6.92 Å². The summed E-state index contributed by atoms with van der Waals surface area (Å²) in [5.41, 5.74) is 15.9. The molecule has 0 aliphatic rings. The van der Waals surface area contributed by atoms with Crippen molar-refractivity contribution in [3.63, 3.8) is 0 Å². The van der Waals surface area contributed by atoms with Gasteiger partial charge in [0.25, 0.3) is 0 Å². The second-order valence-corrected chi connectivity index (χ2v) is 18.1. The third kappa shape index (κ3) is 7.31. The summed E-state index contributed by atoms with van der Waals surface area (Å²) in [5, 5.41) is 11.3. The van der Waals surface area contributed by atoms with Gasteiger partial charge in [0, 0.05) is 33.6 Å². The molecule has 13 aromatic rings. The fraction of sp³-hybridized carbons (Fsp3) is 0.0149. The maximum absolute atomic E-state index is 6.33. The van der Waals surface area contributed by atoms with Gasteiger partial charge in [-0.15, -0.1) is 0 Å². The number of hydrogen-bond acceptors (Lipinski definition) is 2. The van der Waals surface area contributed by atoms with Crippen LogP contribution in [0.2, 0.25) is 0 Å². The van der Waals surface area contributed by atoms with Crippen molar-refractivity contribution in [2.24, 2.45) is 0 Å². The van der Waals surface area contributed by atoms with Gasteiger partial charge in [-0.25, -0.2) is 0 Å². The van der Waals surface area contributed by atoms with Gasteiger partial charge in [0.15, 0.2) is 0 Å². The lowest BCUT2D eigenvalue weighted by Gasteiger charge is -2.26. The Morgan fingerprint density at radius 3 is 1.12 bits per heavy atom. The van der Waals surface area contributed by atoms with Crippen molar-refractivity contribution in [2.45, 2.75) is 6.92 Å². The Morgan fingerprint density at radius 2 is 0.623 bits per heavy atom. The minimum atomic E-state index is 0.918. The Hall–Kier alpha value is -8.98. The largest absolute Gasteiger partial charge is 0.456 e. The smallest absolute Gasteiger partial charge is 0.138 e. The van der Waals surface area contributed by atoms with Gasteiger partial charge < -0.3 is 9.32 Å². The van der Waals surface area contributed by atoms with E-state index in [4.69, 9.17) is 4.42 Å². The lowest BCUT2D eigenvalue weighted by Crippen LogP contribution is -2.09. The maximum Gasteiger partial charge on any atom is 0.138 e. The number of anilines is 3. The second-order valence-electron chi connectivity index (χ2n) is 18.1. The highest BCUT2D eigenvalue weighted by molar-refractivity contribution is 6.09. The Balaban J connectivity index is 0.818. The van der Waals surface area contributed by atoms with E-state index >= 15 is 0 Å². The Bertz CT molecular complexity index is 3890. The monoisotopic (exact) mass is 879 g/mol. The van der Waals surface area contributed by atoms with E-state index in [0.717, 1.165) is 50.5 Å². The molecule has 12 aromatic carbocycles. The molecule has 0 saturated carbocycles. The van der Waals surface area contributed by atoms with Gasteiger partial charge in [-0.2, -0.15) is 0 Å². The predicted octanol–water partition coefficient (Wildman–Crippen LogP) is 19.2. The molecule has 2 heteroatoms. The summed E-state index contributed by atoms with van der Waals surface area (Å²) in [5.74, 6) is 0.924. The number of benzene rings is 12. The number of nitrogens with zero attached hydrogens (tertiary/aromatic N) is 1. The molecule has 0 amide bonds. The van der Waals surface area contributed by atoms with E-state index in [1.165, 1.54) is 82.0 Å². The average molecular weight is 880 g/mol. The summed E-state index contributed by atoms with van der Waals surface area (Å²) >= 11 is 0. The van der Waals surface area contributed by atoms with E-state index in [-0.39, 0.29) is 0 Å². The normalized spacial score (nSPS) is 11.6. The molecule has 1 heterocycles. The lowest BCUT2D eigenvalue weighted by molar-refractivity contribution is 0.629. The second kappa shape index (κ2) is 16.7. The molecule has 0 radical (unpaired) electrons. The van der Waals surface area contributed by atoms with Gasteiger partial charge in [0.05, 0.1) is 0 Å². The van der Waals surface area contributed by atoms with E-state index in [9.17, 15) is 0 Å². The summed E-state index contributed by atoms with van der Waals surface area (Å²) in [6.07, 6.45) is 0. The third-order valence-corrected chi connectivity index (χ3v) is 14.1. The van der Waals surface area contributed by atoms with Crippen LogP contribution in [0.1, 0.15) is 5.56 Å². The van der Waals surface area contributed by atoms with Crippen molar-refractivity contribution in [1.82, 2.24) is 0 Å². The Kier molecular flexibility index (Phi) is 9.77. The number of rotatable bonds is 8. The molecule has 0 aliphatic carbocycles. The number of furan rings is 1. The average Bonchev–Trinajstić information content (AvgIpc) is 3.77. The van der Waals surface area contributed by atoms with Gasteiger partial charge in [-0.05, 0) is 155 Å². The molecule has 2 nitrogen and oxygen atoms in total. The number of hydrogen-bond donors (Lipinski definition) is 0. The molecular formula is C67H45NO. The van der Waals surface area contributed by atoms with E-state index < -0.39 is 0 Å². The van der Waals surface area contributed by atoms with Gasteiger partial charge in [0.2, 0.25) is 0 Å². The van der Waals surface area contributed by atoms with Crippen molar-refractivity contribution in [3.05, 3.63) is 260 Å². The molecule has 0 N–H and O–H groups in total. The van der Waals surface area contributed by atoms with Crippen molar-refractivity contribution in [2.75, 3.05) is 4.90 Å². The minimum Gasteiger partial charge on any atom is -0.456 e. The number of para-hydroxylation sites is 1. The van der Waals surface area contributed by atoms with Crippen LogP contribution in [0.3, 0.4) is 0 Å². The topological polar surface area (TPSA) is 16.4 Å². The number of aryl methyl sites for hydroxylation is 1. The van der Waals surface area contributed by atoms with Gasteiger partial charge >= 0.3 is 0 Å². The minimum absolute atomic E-state index is 0.918. The molecule has 1 aromatic heterocycles. The van der Waals surface area contributed by atoms with Crippen LogP contribution in [0.5, 0.6) is 0 Å². The van der Waals surface area contributed by atoms with Crippen LogP contribution < -0.4 is 4.90 Å². The van der Waals surface area contributed by atoms with Crippen LogP contribution in [0.25, 0.3) is 110 Å². The number of fused-ring (bicyclic) bond motifs is 7. The molecule has 0 atom stereocenters. The van der Waals surface area contributed by atoms with Crippen molar-refractivity contribution >= 4 is 71.1 Å². The third-order valence-electron chi connectivity index (χ3n) is 14.1. The standard InChI is InChI=1S/C67H45NO/c1-44-61-13-6-7-16-66(61)69-67(44)57-12-8-11-52(43-57)47-19-17-45(18-20-47)46-25-33-58(34-26-46)68(59-35-27-48(28-36-59)53-31-39-64-55(41-53)23-21-50-9-2-4-14-62(50)64)60-37-29-49(30-38-60)54-32-40-65-56(42-54)24-22-51-10-3-5-15-63(51)65/h2-43H,1H3. The molecular weight excluding hydrogens is 835 g/mol. The van der Waals surface area contributed by atoms with E-state index in [2.05, 4.69) is 254 Å². The Morgan fingerprint density at radius 1 is 0.261 bits per heavy atom. The predicted molar refractivity (Wildman–Crippen MR) is 293 cm³/mol. The fourth-order valence-electron chi connectivity index (χ4n) is 10.4. The molecule has 0 unspecified atom stereocenters. The molecule has 0 bridgehead atoms. The molecule has 0 fully saturated rings. The maximum atomic E-state index is 6.33. The van der Waals surface area contributed by atoms with Crippen LogP contribution >= 0.6 is 0 Å². The fourth-order valence-corrected chi connectivity index (χ4v) is 10.4. The molecule has 324 valence electrons. The van der Waals surface area contributed by atoms with Gasteiger partial charge in [-0.3, -0.25) is 0 Å². The first-order valence-corrected chi connectivity index (χ1v) is 23.7. The summed E-state index contributed by atoms with van der Waals surface area (Å²) in [6, 6.07) is 92.6. The molecule has 0 saturated heterocycles. The van der Waals surface area contributed by atoms with Crippen molar-refractivity contribution < 1.29 is 4.42 Å². The van der Waals surface area contributed by atoms with Crippen LogP contribution in [0.4, 0.5) is 17.1 Å². The van der Waals surface area contributed by atoms with E-state index in [0.29, 0.717) is 0 Å². The van der Waals surface area contributed by atoms with Gasteiger partial charge in [0.1, 0.15) is 11.3 Å². The summed E-state index contributed by atoms with van der Waals surface area (Å²) in [6.45, 7) is 2.14. The zero-order chi connectivity index (χ0) is 45.8. The van der Waals surface area contributed by atoms with E-state index in [1.54, 1.807) is 0 Å². The molecule has 0 aliphatic heterocycles. The highest BCUT2D eigenvalue weighted by Gasteiger charge is 2.16. The molecule has 0 spiro atoms. The molecule has 69 heavy (non-hydrogen) atoms. The van der Waals surface area contributed by atoms with E-state index in [1.807, 2.05) is 12.1 Å². The zero-order valence-corrected chi connectivity index (χ0v) is 38.1. The first-order chi connectivity index (χ1) is 34.1. The summed E-state index contributed by atoms with van der Waals surface area (Å²) < 4.78 is 6.33. The summed E-state index contributed by atoms with van der Waals surface area (Å²) in [4.78, 5) is 2.36. The van der Waals surface area contributed by atoms with Crippen molar-refractivity contribution in [1.29, 1.82) is 0 Å². The first-order valence-electron chi connectivity index (χ1n) is 23.7. The van der Waals surface area contributed by atoms with Crippen LogP contribution in [-0.2, 0) is 0 Å². The summed E-state index contributed by atoms with van der Waals surface area (Å²) in [7, 11) is 0. The zero-order valence-electron chi connectivity index (χ0n) is 38.1. The quantitative estimate of drug-likeness (QED) is 0.141. The van der Waals surface area contributed by atoms with Crippen LogP contribution in [0.15, 0.2) is 259 Å². The first kappa shape index (κ1) is 40.3. The van der Waals surface area contributed by atoms with Gasteiger partial charge in [-0.1, -0.05) is 194 Å². The lowest BCUT2D eigenvalue weighted by atomic mass is 9.97. The van der Waals surface area contributed by atoms with Crippen LogP contribution in [-0.4, -0.2) is 0 Å².